The first-order valence-corrected chi connectivity index (χ1v) is 15.0. The van der Waals surface area contributed by atoms with Crippen molar-refractivity contribution in [1.29, 1.82) is 0 Å². The minimum atomic E-state index is -1.31. The van der Waals surface area contributed by atoms with E-state index < -0.39 is 23.4 Å². The Balaban J connectivity index is 1.49. The molecule has 0 radical (unpaired) electrons. The standard InChI is InChI=1S/C38H34N2O3/c1-23(2)21-25-14-16-27(17-15-25)35(41)33-34(36(42)26-9-5-4-6-10-26)40-31-19-13-24(3)22-28(31)18-20-32(40)38(33)29-11-7-8-12-30(29)39-37(38)43/h4-20,22-23,32-34H,21H2,1-3H3,(H,39,43)/t32-,33-,34-,38+/m0/s1. The Kier molecular flexibility index (Phi) is 6.42. The van der Waals surface area contributed by atoms with E-state index in [1.165, 1.54) is 0 Å². The summed E-state index contributed by atoms with van der Waals surface area (Å²) in [5.41, 5.74) is 5.23. The van der Waals surface area contributed by atoms with E-state index in [0.717, 1.165) is 34.4 Å². The van der Waals surface area contributed by atoms with E-state index in [0.29, 0.717) is 22.7 Å². The first-order chi connectivity index (χ1) is 20.8. The van der Waals surface area contributed by atoms with Gasteiger partial charge in [-0.15, -0.1) is 0 Å². The number of Topliss-reactive ketones (excluding diaryl/α,β-unsaturated/α-hetero) is 2. The quantitative estimate of drug-likeness (QED) is 0.254. The van der Waals surface area contributed by atoms with Crippen LogP contribution >= 0.6 is 0 Å². The Morgan fingerprint density at radius 1 is 0.860 bits per heavy atom. The normalized spacial score (nSPS) is 23.2. The van der Waals surface area contributed by atoms with E-state index in [2.05, 4.69) is 30.1 Å². The summed E-state index contributed by atoms with van der Waals surface area (Å²) in [5.74, 6) is -1.11. The van der Waals surface area contributed by atoms with Crippen LogP contribution in [0.1, 0.15) is 56.8 Å². The molecule has 3 aliphatic heterocycles. The van der Waals surface area contributed by atoms with Gasteiger partial charge in [0.1, 0.15) is 11.5 Å². The van der Waals surface area contributed by atoms with Crippen molar-refractivity contribution in [3.63, 3.8) is 0 Å². The smallest absolute Gasteiger partial charge is 0.238 e. The average Bonchev–Trinajstić information content (AvgIpc) is 3.49. The van der Waals surface area contributed by atoms with Crippen molar-refractivity contribution in [2.24, 2.45) is 11.8 Å². The summed E-state index contributed by atoms with van der Waals surface area (Å²) in [6.45, 7) is 6.37. The number of hydrogen-bond donors (Lipinski definition) is 1. The molecule has 43 heavy (non-hydrogen) atoms. The molecular weight excluding hydrogens is 532 g/mol. The largest absolute Gasteiger partial charge is 0.352 e. The molecular formula is C38H34N2O3. The van der Waals surface area contributed by atoms with Crippen LogP contribution in [0.3, 0.4) is 0 Å². The highest BCUT2D eigenvalue weighted by Gasteiger charge is 2.70. The Bertz CT molecular complexity index is 1790. The number of para-hydroxylation sites is 1. The highest BCUT2D eigenvalue weighted by molar-refractivity contribution is 6.18. The van der Waals surface area contributed by atoms with Crippen LogP contribution in [0.2, 0.25) is 0 Å². The number of carbonyl (C=O) groups is 3. The summed E-state index contributed by atoms with van der Waals surface area (Å²) < 4.78 is 0. The number of fused-ring (bicyclic) bond motifs is 6. The Hall–Kier alpha value is -4.77. The second kappa shape index (κ2) is 10.2. The lowest BCUT2D eigenvalue weighted by Gasteiger charge is -2.37. The number of carbonyl (C=O) groups excluding carboxylic acids is 3. The van der Waals surface area contributed by atoms with Crippen molar-refractivity contribution < 1.29 is 14.4 Å². The van der Waals surface area contributed by atoms with Gasteiger partial charge in [-0.2, -0.15) is 0 Å². The number of nitrogens with zero attached hydrogens (tertiary/aromatic N) is 1. The first kappa shape index (κ1) is 27.1. The highest BCUT2D eigenvalue weighted by atomic mass is 16.2. The van der Waals surface area contributed by atoms with Gasteiger partial charge in [-0.1, -0.05) is 110 Å². The SMILES string of the molecule is Cc1ccc2c(c1)C=C[C@@H]1N2[C@H](C(=O)c2ccccc2)[C@@H](C(=O)c2ccc(CC(C)C)cc2)[C@]12C(=O)Nc1ccccc12. The van der Waals surface area contributed by atoms with Gasteiger partial charge in [0.15, 0.2) is 11.6 Å². The summed E-state index contributed by atoms with van der Waals surface area (Å²) in [7, 11) is 0. The van der Waals surface area contributed by atoms with E-state index in [-0.39, 0.29) is 17.5 Å². The number of rotatable bonds is 6. The molecule has 5 heteroatoms. The molecule has 4 aromatic rings. The second-order valence-electron chi connectivity index (χ2n) is 12.5. The van der Waals surface area contributed by atoms with Crippen LogP contribution in [-0.4, -0.2) is 29.6 Å². The van der Waals surface area contributed by atoms with Gasteiger partial charge in [-0.05, 0) is 54.2 Å². The number of nitrogens with one attached hydrogen (secondary N) is 1. The number of benzene rings is 4. The molecule has 1 amide bonds. The van der Waals surface area contributed by atoms with E-state index in [1.807, 2.05) is 97.9 Å². The van der Waals surface area contributed by atoms with Crippen molar-refractivity contribution in [2.75, 3.05) is 10.2 Å². The molecule has 1 fully saturated rings. The molecule has 1 saturated heterocycles. The molecule has 3 aliphatic rings. The maximum atomic E-state index is 15.0. The summed E-state index contributed by atoms with van der Waals surface area (Å²) in [4.78, 5) is 46.2. The van der Waals surface area contributed by atoms with E-state index >= 15 is 0 Å². The van der Waals surface area contributed by atoms with Crippen molar-refractivity contribution in [1.82, 2.24) is 0 Å². The lowest BCUT2D eigenvalue weighted by molar-refractivity contribution is -0.121. The summed E-state index contributed by atoms with van der Waals surface area (Å²) in [6.07, 6.45) is 4.97. The van der Waals surface area contributed by atoms with Crippen LogP contribution in [0, 0.1) is 18.8 Å². The average molecular weight is 567 g/mol. The van der Waals surface area contributed by atoms with Gasteiger partial charge in [0.05, 0.1) is 12.0 Å². The maximum absolute atomic E-state index is 15.0. The monoisotopic (exact) mass is 566 g/mol. The molecule has 0 unspecified atom stereocenters. The second-order valence-corrected chi connectivity index (χ2v) is 12.5. The third-order valence-electron chi connectivity index (χ3n) is 9.28. The number of amides is 1. The molecule has 214 valence electrons. The molecule has 4 atom stereocenters. The fraction of sp³-hybridized carbons (Fsp3) is 0.237. The molecule has 0 bridgehead atoms. The lowest BCUT2D eigenvalue weighted by Crippen LogP contribution is -2.51. The molecule has 7 rings (SSSR count). The third-order valence-corrected chi connectivity index (χ3v) is 9.28. The van der Waals surface area contributed by atoms with Gasteiger partial charge < -0.3 is 10.2 Å². The zero-order chi connectivity index (χ0) is 29.9. The maximum Gasteiger partial charge on any atom is 0.238 e. The molecule has 3 heterocycles. The predicted octanol–water partition coefficient (Wildman–Crippen LogP) is 7.05. The Morgan fingerprint density at radius 2 is 1.56 bits per heavy atom. The molecule has 0 saturated carbocycles. The number of ketones is 2. The molecule has 1 spiro atoms. The van der Waals surface area contributed by atoms with Gasteiger partial charge in [-0.25, -0.2) is 0 Å². The van der Waals surface area contributed by atoms with Crippen LogP contribution in [0.5, 0.6) is 0 Å². The lowest BCUT2D eigenvalue weighted by atomic mass is 9.64. The summed E-state index contributed by atoms with van der Waals surface area (Å²) in [6, 6.07) is 29.2. The zero-order valence-corrected chi connectivity index (χ0v) is 24.6. The Labute approximate surface area is 252 Å². The van der Waals surface area contributed by atoms with Gasteiger partial charge in [0.2, 0.25) is 5.91 Å². The van der Waals surface area contributed by atoms with Crippen molar-refractivity contribution >= 4 is 34.9 Å². The van der Waals surface area contributed by atoms with Crippen LogP contribution < -0.4 is 10.2 Å². The molecule has 5 nitrogen and oxygen atoms in total. The number of aryl methyl sites for hydroxylation is 1. The van der Waals surface area contributed by atoms with E-state index in [4.69, 9.17) is 0 Å². The summed E-state index contributed by atoms with van der Waals surface area (Å²) in [5, 5.41) is 3.10. The number of hydrogen-bond acceptors (Lipinski definition) is 4. The van der Waals surface area contributed by atoms with Crippen LogP contribution in [0.15, 0.2) is 103 Å². The fourth-order valence-corrected chi connectivity index (χ4v) is 7.53. The molecule has 0 aromatic heterocycles. The summed E-state index contributed by atoms with van der Waals surface area (Å²) >= 11 is 0. The van der Waals surface area contributed by atoms with Crippen molar-refractivity contribution in [3.8, 4) is 0 Å². The van der Waals surface area contributed by atoms with Crippen LogP contribution in [0.25, 0.3) is 6.08 Å². The molecule has 4 aromatic carbocycles. The van der Waals surface area contributed by atoms with Crippen LogP contribution in [0.4, 0.5) is 11.4 Å². The minimum Gasteiger partial charge on any atom is -0.352 e. The van der Waals surface area contributed by atoms with Gasteiger partial charge >= 0.3 is 0 Å². The van der Waals surface area contributed by atoms with Gasteiger partial charge in [0, 0.05) is 22.5 Å². The third kappa shape index (κ3) is 4.09. The fourth-order valence-electron chi connectivity index (χ4n) is 7.53. The zero-order valence-electron chi connectivity index (χ0n) is 24.6. The van der Waals surface area contributed by atoms with Crippen LogP contribution in [-0.2, 0) is 16.6 Å². The predicted molar refractivity (Wildman–Crippen MR) is 171 cm³/mol. The number of anilines is 2. The molecule has 0 aliphatic carbocycles. The van der Waals surface area contributed by atoms with E-state index in [9.17, 15) is 14.4 Å². The van der Waals surface area contributed by atoms with E-state index in [1.54, 1.807) is 12.1 Å². The van der Waals surface area contributed by atoms with Gasteiger partial charge in [-0.3, -0.25) is 14.4 Å². The van der Waals surface area contributed by atoms with Crippen molar-refractivity contribution in [2.45, 2.75) is 44.7 Å². The topological polar surface area (TPSA) is 66.5 Å². The minimum absolute atomic E-state index is 0.170. The van der Waals surface area contributed by atoms with Crippen molar-refractivity contribution in [3.05, 3.63) is 137 Å². The van der Waals surface area contributed by atoms with Gasteiger partial charge in [0.25, 0.3) is 0 Å². The highest BCUT2D eigenvalue weighted by Crippen LogP contribution is 2.58. The first-order valence-electron chi connectivity index (χ1n) is 15.0. The molecule has 1 N–H and O–H groups in total. The Morgan fingerprint density at radius 3 is 2.30 bits per heavy atom.